The van der Waals surface area contributed by atoms with Gasteiger partial charge in [0.15, 0.2) is 5.82 Å². The number of rotatable bonds is 9. The van der Waals surface area contributed by atoms with Gasteiger partial charge in [-0.2, -0.15) is 0 Å². The third-order valence-electron chi connectivity index (χ3n) is 7.48. The van der Waals surface area contributed by atoms with Crippen molar-refractivity contribution in [1.82, 2.24) is 14.9 Å². The molecule has 2 aliphatic heterocycles. The lowest BCUT2D eigenvalue weighted by Crippen LogP contribution is -2.31. The number of ether oxygens (including phenoxy) is 1. The average molecular weight is 554 g/mol. The lowest BCUT2D eigenvalue weighted by Gasteiger charge is -2.26. The highest BCUT2D eigenvalue weighted by Crippen LogP contribution is 2.40. The molecule has 1 amide bonds. The van der Waals surface area contributed by atoms with E-state index in [0.29, 0.717) is 41.4 Å². The van der Waals surface area contributed by atoms with Gasteiger partial charge in [0.2, 0.25) is 5.91 Å². The van der Waals surface area contributed by atoms with E-state index in [1.54, 1.807) is 12.2 Å². The van der Waals surface area contributed by atoms with Crippen LogP contribution in [0.2, 0.25) is 0 Å². The van der Waals surface area contributed by atoms with Crippen LogP contribution in [0.5, 0.6) is 5.75 Å². The molecule has 0 bridgehead atoms. The Kier molecular flexibility index (Phi) is 8.38. The predicted octanol–water partition coefficient (Wildman–Crippen LogP) is 4.36. The third kappa shape index (κ3) is 6.11. The summed E-state index contributed by atoms with van der Waals surface area (Å²) in [4.78, 5) is 31.7. The summed E-state index contributed by atoms with van der Waals surface area (Å²) < 4.78 is 5.78. The Balaban J connectivity index is 1.44. The van der Waals surface area contributed by atoms with E-state index in [1.807, 2.05) is 42.5 Å². The van der Waals surface area contributed by atoms with Crippen molar-refractivity contribution >= 4 is 34.6 Å². The van der Waals surface area contributed by atoms with Crippen LogP contribution in [0.4, 0.5) is 28.7 Å². The number of hydrogen-bond donors (Lipinski definition) is 2. The highest BCUT2D eigenvalue weighted by Gasteiger charge is 2.30. The van der Waals surface area contributed by atoms with Crippen molar-refractivity contribution in [2.75, 3.05) is 61.5 Å². The molecule has 41 heavy (non-hydrogen) atoms. The van der Waals surface area contributed by atoms with Gasteiger partial charge in [0, 0.05) is 43.2 Å². The Morgan fingerprint density at radius 1 is 1.22 bits per heavy atom. The zero-order valence-electron chi connectivity index (χ0n) is 23.6. The van der Waals surface area contributed by atoms with E-state index in [-0.39, 0.29) is 11.9 Å². The van der Waals surface area contributed by atoms with E-state index >= 15 is 0 Å². The second-order valence-electron chi connectivity index (χ2n) is 10.2. The molecular weight excluding hydrogens is 518 g/mol. The van der Waals surface area contributed by atoms with E-state index < -0.39 is 0 Å². The smallest absolute Gasteiger partial charge is 0.247 e. The van der Waals surface area contributed by atoms with Crippen LogP contribution in [-0.4, -0.2) is 67.7 Å². The number of carbonyl (C=O) groups excluding carboxylic acids is 1. The second kappa shape index (κ2) is 12.3. The van der Waals surface area contributed by atoms with E-state index in [2.05, 4.69) is 57.0 Å². The summed E-state index contributed by atoms with van der Waals surface area (Å²) in [6.45, 7) is 5.88. The van der Waals surface area contributed by atoms with Crippen molar-refractivity contribution in [1.29, 1.82) is 0 Å². The monoisotopic (exact) mass is 553 g/mol. The average Bonchev–Trinajstić information content (AvgIpc) is 3.68. The Morgan fingerprint density at radius 3 is 2.80 bits per heavy atom. The van der Waals surface area contributed by atoms with Gasteiger partial charge in [0.1, 0.15) is 17.9 Å². The maximum atomic E-state index is 12.4. The number of likely N-dealkylation sites (N-methyl/N-ethyl adjacent to an activating group) is 1. The molecule has 2 atom stereocenters. The summed E-state index contributed by atoms with van der Waals surface area (Å²) in [7, 11) is 5.79. The van der Waals surface area contributed by atoms with Crippen molar-refractivity contribution in [3.63, 3.8) is 0 Å². The van der Waals surface area contributed by atoms with Crippen LogP contribution >= 0.6 is 0 Å². The molecule has 3 heterocycles. The first-order valence-corrected chi connectivity index (χ1v) is 13.5. The minimum atomic E-state index is -0.291. The molecule has 1 aromatic heterocycles. The van der Waals surface area contributed by atoms with Crippen LogP contribution in [0, 0.1) is 12.3 Å². The number of nitrogens with one attached hydrogen (secondary N) is 2. The van der Waals surface area contributed by atoms with Gasteiger partial charge in [-0.05, 0) is 50.4 Å². The van der Waals surface area contributed by atoms with E-state index in [1.165, 1.54) is 12.4 Å². The van der Waals surface area contributed by atoms with Gasteiger partial charge in [-0.15, -0.1) is 6.42 Å². The molecule has 212 valence electrons. The number of methoxy groups -OCH3 is 1. The summed E-state index contributed by atoms with van der Waals surface area (Å²) in [5.74, 6) is 4.18. The molecule has 2 saturated heterocycles. The summed E-state index contributed by atoms with van der Waals surface area (Å²) in [6, 6.07) is 13.9. The highest BCUT2D eigenvalue weighted by molar-refractivity contribution is 6.02. The molecule has 10 nitrogen and oxygen atoms in total. The highest BCUT2D eigenvalue weighted by atomic mass is 16.7. The van der Waals surface area contributed by atoms with Gasteiger partial charge >= 0.3 is 0 Å². The number of terminal acetylenes is 1. The number of carbonyl (C=O) groups is 1. The number of hydrogen-bond acceptors (Lipinski definition) is 9. The fraction of sp³-hybridized carbons (Fsp3) is 0.323. The summed E-state index contributed by atoms with van der Waals surface area (Å²) in [5.41, 5.74) is 4.06. The summed E-state index contributed by atoms with van der Waals surface area (Å²) >= 11 is 0. The van der Waals surface area contributed by atoms with Crippen molar-refractivity contribution in [3.05, 3.63) is 72.6 Å². The molecule has 2 aliphatic rings. The molecule has 2 fully saturated rings. The van der Waals surface area contributed by atoms with Crippen molar-refractivity contribution < 1.29 is 14.4 Å². The van der Waals surface area contributed by atoms with Crippen LogP contribution in [0.3, 0.4) is 0 Å². The minimum Gasteiger partial charge on any atom is -0.494 e. The zero-order valence-corrected chi connectivity index (χ0v) is 23.6. The van der Waals surface area contributed by atoms with Crippen LogP contribution in [-0.2, 0) is 9.63 Å². The second-order valence-corrected chi connectivity index (χ2v) is 10.2. The first kappa shape index (κ1) is 28.0. The Hall–Kier alpha value is -4.59. The van der Waals surface area contributed by atoms with Crippen LogP contribution < -0.4 is 25.3 Å². The molecule has 0 saturated carbocycles. The SMILES string of the molecule is C#Cc1cccc([C@H]2CCON2c2cc(Nc3cc(NC(=O)C=C)c(N4CCC(N(C)C)C4)cc3OC)ncn2)c1. The maximum Gasteiger partial charge on any atom is 0.247 e. The maximum absolute atomic E-state index is 12.4. The minimum absolute atomic E-state index is 0.0351. The van der Waals surface area contributed by atoms with Gasteiger partial charge < -0.3 is 25.2 Å². The van der Waals surface area contributed by atoms with E-state index in [4.69, 9.17) is 16.0 Å². The number of anilines is 5. The van der Waals surface area contributed by atoms with Crippen molar-refractivity contribution in [2.24, 2.45) is 0 Å². The van der Waals surface area contributed by atoms with Crippen molar-refractivity contribution in [3.8, 4) is 18.1 Å². The molecule has 10 heteroatoms. The van der Waals surface area contributed by atoms with Gasteiger partial charge in [-0.25, -0.2) is 15.0 Å². The molecule has 1 unspecified atom stereocenters. The van der Waals surface area contributed by atoms with Gasteiger partial charge in [-0.3, -0.25) is 9.63 Å². The van der Waals surface area contributed by atoms with Gasteiger partial charge in [0.25, 0.3) is 0 Å². The fourth-order valence-electron chi connectivity index (χ4n) is 5.27. The number of aromatic nitrogens is 2. The van der Waals surface area contributed by atoms with Crippen LogP contribution in [0.1, 0.15) is 30.0 Å². The molecule has 0 aliphatic carbocycles. The molecule has 0 radical (unpaired) electrons. The first-order chi connectivity index (χ1) is 19.9. The molecule has 5 rings (SSSR count). The van der Waals surface area contributed by atoms with Gasteiger partial charge in [-0.1, -0.05) is 24.6 Å². The molecule has 0 spiro atoms. The van der Waals surface area contributed by atoms with Crippen LogP contribution in [0.25, 0.3) is 0 Å². The zero-order chi connectivity index (χ0) is 28.9. The number of benzene rings is 2. The Bertz CT molecular complexity index is 1470. The van der Waals surface area contributed by atoms with Crippen molar-refractivity contribution in [2.45, 2.75) is 24.9 Å². The summed E-state index contributed by atoms with van der Waals surface area (Å²) in [6.07, 6.45) is 10.2. The predicted molar refractivity (Wildman–Crippen MR) is 162 cm³/mol. The Labute approximate surface area is 240 Å². The third-order valence-corrected chi connectivity index (χ3v) is 7.48. The standard InChI is InChI=1S/C31H35N7O3/c1-6-21-9-8-10-22(15-21)26-12-14-41-38(26)30-18-29(32-20-33-30)34-25-16-24(35-31(39)7-2)27(17-28(25)40-5)37-13-11-23(19-37)36(3)4/h1,7-10,15-18,20,23,26H,2,11-14,19H2,3-5H3,(H,35,39)(H,32,33,34)/t23?,26-/m1/s1. The van der Waals surface area contributed by atoms with Crippen LogP contribution in [0.15, 0.2) is 61.4 Å². The lowest BCUT2D eigenvalue weighted by molar-refractivity contribution is -0.111. The quantitative estimate of drug-likeness (QED) is 0.296. The van der Waals surface area contributed by atoms with E-state index in [9.17, 15) is 4.79 Å². The largest absolute Gasteiger partial charge is 0.494 e. The molecule has 2 aromatic carbocycles. The van der Waals surface area contributed by atoms with Gasteiger partial charge in [0.05, 0.1) is 36.8 Å². The fourth-order valence-corrected chi connectivity index (χ4v) is 5.27. The normalized spacial score (nSPS) is 18.3. The molecule has 2 N–H and O–H groups in total. The first-order valence-electron chi connectivity index (χ1n) is 13.5. The molecule has 3 aromatic rings. The number of amides is 1. The molecular formula is C31H35N7O3. The number of nitrogens with zero attached hydrogens (tertiary/aromatic N) is 5. The Morgan fingerprint density at radius 2 is 2.07 bits per heavy atom. The topological polar surface area (TPSA) is 95.1 Å². The number of hydroxylamine groups is 1. The van der Waals surface area contributed by atoms with E-state index in [0.717, 1.165) is 42.7 Å². The lowest BCUT2D eigenvalue weighted by atomic mass is 10.0. The summed E-state index contributed by atoms with van der Waals surface area (Å²) in [5, 5.41) is 8.11.